The Morgan fingerprint density at radius 2 is 2.11 bits per heavy atom. The highest BCUT2D eigenvalue weighted by molar-refractivity contribution is 7.91. The van der Waals surface area contributed by atoms with E-state index in [-0.39, 0.29) is 9.09 Å². The summed E-state index contributed by atoms with van der Waals surface area (Å²) < 4.78 is 26.3. The van der Waals surface area contributed by atoms with Crippen LogP contribution >= 0.6 is 11.3 Å². The van der Waals surface area contributed by atoms with Crippen LogP contribution < -0.4 is 4.72 Å². The van der Waals surface area contributed by atoms with E-state index in [9.17, 15) is 13.2 Å². The summed E-state index contributed by atoms with van der Waals surface area (Å²) in [7, 11) is -3.57. The number of aromatic carboxylic acids is 1. The Kier molecular flexibility index (Phi) is 5.30. The molecule has 0 saturated carbocycles. The number of aryl methyl sites for hydroxylation is 1. The summed E-state index contributed by atoms with van der Waals surface area (Å²) >= 11 is 0.788. The maximum absolute atomic E-state index is 11.9. The molecule has 0 unspecified atom stereocenters. The van der Waals surface area contributed by atoms with Gasteiger partial charge in [0, 0.05) is 6.54 Å². The number of nitrogens with one attached hydrogen (secondary N) is 1. The molecule has 18 heavy (non-hydrogen) atoms. The zero-order chi connectivity index (χ0) is 13.8. The van der Waals surface area contributed by atoms with E-state index >= 15 is 0 Å². The maximum Gasteiger partial charge on any atom is 0.346 e. The lowest BCUT2D eigenvalue weighted by Gasteiger charge is -2.03. The van der Waals surface area contributed by atoms with E-state index in [4.69, 9.17) is 5.11 Å². The molecule has 0 fully saturated rings. The lowest BCUT2D eigenvalue weighted by atomic mass is 10.3. The van der Waals surface area contributed by atoms with Crippen LogP contribution in [0.3, 0.4) is 0 Å². The van der Waals surface area contributed by atoms with Gasteiger partial charge >= 0.3 is 5.97 Å². The molecule has 2 N–H and O–H groups in total. The molecule has 1 rings (SSSR count). The van der Waals surface area contributed by atoms with Crippen molar-refractivity contribution in [3.63, 3.8) is 0 Å². The van der Waals surface area contributed by atoms with Crippen LogP contribution in [0.1, 0.15) is 41.4 Å². The standard InChI is InChI=1S/C11H17NO4S2/c1-3-4-5-6-12-18(15,16)9-7-8(2)10(17-9)11(13)14/h7,12H,3-6H2,1-2H3,(H,13,14). The summed E-state index contributed by atoms with van der Waals surface area (Å²) in [6, 6.07) is 1.40. The Hall–Kier alpha value is -0.920. The Morgan fingerprint density at radius 3 is 2.61 bits per heavy atom. The van der Waals surface area contributed by atoms with Crippen LogP contribution in [-0.2, 0) is 10.0 Å². The van der Waals surface area contributed by atoms with Crippen LogP contribution in [0.2, 0.25) is 0 Å². The average Bonchev–Trinajstić information content (AvgIpc) is 2.68. The molecule has 0 spiro atoms. The zero-order valence-electron chi connectivity index (χ0n) is 10.4. The fourth-order valence-electron chi connectivity index (χ4n) is 1.45. The van der Waals surface area contributed by atoms with Gasteiger partial charge in [0.1, 0.15) is 9.09 Å². The van der Waals surface area contributed by atoms with Gasteiger partial charge in [-0.25, -0.2) is 17.9 Å². The van der Waals surface area contributed by atoms with E-state index in [2.05, 4.69) is 4.72 Å². The number of carboxylic acids is 1. The highest BCUT2D eigenvalue weighted by Crippen LogP contribution is 2.25. The van der Waals surface area contributed by atoms with E-state index in [1.165, 1.54) is 6.07 Å². The molecular formula is C11H17NO4S2. The van der Waals surface area contributed by atoms with E-state index < -0.39 is 16.0 Å². The third-order valence-corrected chi connectivity index (χ3v) is 5.59. The minimum atomic E-state index is -3.57. The molecule has 5 nitrogen and oxygen atoms in total. The molecule has 0 saturated heterocycles. The molecular weight excluding hydrogens is 274 g/mol. The maximum atomic E-state index is 11.9. The molecule has 1 heterocycles. The minimum absolute atomic E-state index is 0.0638. The number of carboxylic acid groups (broad SMARTS) is 1. The largest absolute Gasteiger partial charge is 0.477 e. The van der Waals surface area contributed by atoms with Gasteiger partial charge in [0.2, 0.25) is 10.0 Å². The van der Waals surface area contributed by atoms with Gasteiger partial charge in [-0.15, -0.1) is 11.3 Å². The average molecular weight is 291 g/mol. The predicted molar refractivity (Wildman–Crippen MR) is 70.7 cm³/mol. The molecule has 0 radical (unpaired) electrons. The van der Waals surface area contributed by atoms with Crippen molar-refractivity contribution >= 4 is 27.3 Å². The van der Waals surface area contributed by atoms with Crippen LogP contribution in [0.15, 0.2) is 10.3 Å². The second-order valence-corrected chi connectivity index (χ2v) is 7.03. The van der Waals surface area contributed by atoms with E-state index in [1.807, 2.05) is 6.92 Å². The smallest absolute Gasteiger partial charge is 0.346 e. The van der Waals surface area contributed by atoms with Crippen molar-refractivity contribution in [1.82, 2.24) is 4.72 Å². The third-order valence-electron chi connectivity index (χ3n) is 2.43. The van der Waals surface area contributed by atoms with Crippen molar-refractivity contribution in [2.75, 3.05) is 6.54 Å². The van der Waals surface area contributed by atoms with Crippen LogP contribution in [-0.4, -0.2) is 26.0 Å². The van der Waals surface area contributed by atoms with Gasteiger partial charge in [-0.2, -0.15) is 0 Å². The SMILES string of the molecule is CCCCCNS(=O)(=O)c1cc(C)c(C(=O)O)s1. The van der Waals surface area contributed by atoms with E-state index in [1.54, 1.807) is 6.92 Å². The number of thiophene rings is 1. The molecule has 102 valence electrons. The van der Waals surface area contributed by atoms with Crippen LogP contribution in [0.5, 0.6) is 0 Å². The number of hydrogen-bond acceptors (Lipinski definition) is 4. The summed E-state index contributed by atoms with van der Waals surface area (Å²) in [5.74, 6) is -1.09. The van der Waals surface area contributed by atoms with Gasteiger partial charge in [-0.3, -0.25) is 0 Å². The van der Waals surface area contributed by atoms with Crippen LogP contribution in [0.25, 0.3) is 0 Å². The normalized spacial score (nSPS) is 11.7. The van der Waals surface area contributed by atoms with Gasteiger partial charge in [0.25, 0.3) is 0 Å². The van der Waals surface area contributed by atoms with Crippen molar-refractivity contribution in [3.05, 3.63) is 16.5 Å². The van der Waals surface area contributed by atoms with Crippen LogP contribution in [0.4, 0.5) is 0 Å². The monoisotopic (exact) mass is 291 g/mol. The van der Waals surface area contributed by atoms with Gasteiger partial charge in [0.15, 0.2) is 0 Å². The van der Waals surface area contributed by atoms with Gasteiger partial charge < -0.3 is 5.11 Å². The predicted octanol–water partition coefficient (Wildman–Crippen LogP) is 2.22. The molecule has 0 atom stereocenters. The third kappa shape index (κ3) is 3.79. The Morgan fingerprint density at radius 1 is 1.44 bits per heavy atom. The lowest BCUT2D eigenvalue weighted by molar-refractivity contribution is 0.0701. The number of hydrogen-bond donors (Lipinski definition) is 2. The number of unbranched alkanes of at least 4 members (excludes halogenated alkanes) is 2. The minimum Gasteiger partial charge on any atom is -0.477 e. The molecule has 0 amide bonds. The first kappa shape index (κ1) is 15.1. The van der Waals surface area contributed by atoms with E-state index in [0.717, 1.165) is 30.6 Å². The fourth-order valence-corrected chi connectivity index (χ4v) is 3.95. The number of sulfonamides is 1. The van der Waals surface area contributed by atoms with Gasteiger partial charge in [-0.1, -0.05) is 19.8 Å². The molecule has 0 aromatic carbocycles. The number of carbonyl (C=O) groups is 1. The molecule has 0 bridgehead atoms. The molecule has 1 aromatic heterocycles. The first-order chi connectivity index (χ1) is 8.38. The Bertz CT molecular complexity index is 519. The highest BCUT2D eigenvalue weighted by Gasteiger charge is 2.20. The van der Waals surface area contributed by atoms with Crippen molar-refractivity contribution in [2.45, 2.75) is 37.3 Å². The summed E-state index contributed by atoms with van der Waals surface area (Å²) in [5, 5.41) is 8.89. The van der Waals surface area contributed by atoms with Crippen LogP contribution in [0, 0.1) is 6.92 Å². The molecule has 7 heteroatoms. The summed E-state index contributed by atoms with van der Waals surface area (Å²) in [5.41, 5.74) is 0.474. The van der Waals surface area contributed by atoms with Crippen molar-refractivity contribution in [3.8, 4) is 0 Å². The quantitative estimate of drug-likeness (QED) is 0.755. The Labute approximate surface area is 111 Å². The Balaban J connectivity index is 2.79. The first-order valence-electron chi connectivity index (χ1n) is 5.72. The summed E-state index contributed by atoms with van der Waals surface area (Å²) in [4.78, 5) is 10.9. The second-order valence-electron chi connectivity index (χ2n) is 3.99. The van der Waals surface area contributed by atoms with Gasteiger partial charge in [-0.05, 0) is 25.0 Å². The summed E-state index contributed by atoms with van der Waals surface area (Å²) in [6.07, 6.45) is 2.77. The molecule has 0 aliphatic carbocycles. The topological polar surface area (TPSA) is 83.5 Å². The molecule has 0 aliphatic rings. The zero-order valence-corrected chi connectivity index (χ0v) is 12.0. The second kappa shape index (κ2) is 6.31. The lowest BCUT2D eigenvalue weighted by Crippen LogP contribution is -2.23. The molecule has 1 aromatic rings. The summed E-state index contributed by atoms with van der Waals surface area (Å²) in [6.45, 7) is 4.02. The van der Waals surface area contributed by atoms with Crippen molar-refractivity contribution < 1.29 is 18.3 Å². The van der Waals surface area contributed by atoms with Crippen molar-refractivity contribution in [1.29, 1.82) is 0 Å². The van der Waals surface area contributed by atoms with Gasteiger partial charge in [0.05, 0.1) is 0 Å². The number of rotatable bonds is 7. The van der Waals surface area contributed by atoms with E-state index in [0.29, 0.717) is 12.1 Å². The first-order valence-corrected chi connectivity index (χ1v) is 8.02. The molecule has 0 aliphatic heterocycles. The highest BCUT2D eigenvalue weighted by atomic mass is 32.2. The van der Waals surface area contributed by atoms with Crippen molar-refractivity contribution in [2.24, 2.45) is 0 Å². The fraction of sp³-hybridized carbons (Fsp3) is 0.545.